The third-order valence-electron chi connectivity index (χ3n) is 3.78. The highest BCUT2D eigenvalue weighted by Crippen LogP contribution is 2.17. The van der Waals surface area contributed by atoms with Crippen LogP contribution < -0.4 is 5.73 Å². The lowest BCUT2D eigenvalue weighted by atomic mass is 9.91. The molecule has 1 heteroatoms. The summed E-state index contributed by atoms with van der Waals surface area (Å²) in [4.78, 5) is 0. The zero-order valence-corrected chi connectivity index (χ0v) is 12.8. The molecule has 0 amide bonds. The highest BCUT2D eigenvalue weighted by atomic mass is 14.5. The van der Waals surface area contributed by atoms with Gasteiger partial charge in [-0.3, -0.25) is 0 Å². The predicted octanol–water partition coefficient (Wildman–Crippen LogP) is 3.97. The first-order valence-corrected chi connectivity index (χ1v) is 7.39. The minimum absolute atomic E-state index is 0.513. The van der Waals surface area contributed by atoms with E-state index in [1.54, 1.807) is 0 Å². The molecule has 2 N–H and O–H groups in total. The molecule has 0 aliphatic carbocycles. The fraction of sp³-hybridized carbons (Fsp3) is 0.368. The Morgan fingerprint density at radius 2 is 1.30 bits per heavy atom. The van der Waals surface area contributed by atoms with Gasteiger partial charge < -0.3 is 5.73 Å². The van der Waals surface area contributed by atoms with E-state index in [0.29, 0.717) is 5.92 Å². The maximum absolute atomic E-state index is 5.97. The maximum Gasteiger partial charge on any atom is -0.00425 e. The van der Waals surface area contributed by atoms with E-state index in [0.717, 1.165) is 19.4 Å². The van der Waals surface area contributed by atoms with Crippen LogP contribution in [0.2, 0.25) is 0 Å². The number of hydrogen-bond donors (Lipinski definition) is 1. The normalized spacial score (nSPS) is 12.4. The van der Waals surface area contributed by atoms with Crippen LogP contribution in [0.25, 0.3) is 0 Å². The molecule has 0 saturated heterocycles. The van der Waals surface area contributed by atoms with Crippen LogP contribution >= 0.6 is 0 Å². The van der Waals surface area contributed by atoms with E-state index in [-0.39, 0.29) is 0 Å². The third-order valence-corrected chi connectivity index (χ3v) is 3.78. The lowest BCUT2D eigenvalue weighted by molar-refractivity contribution is 0.533. The highest BCUT2D eigenvalue weighted by molar-refractivity contribution is 5.29. The summed E-state index contributed by atoms with van der Waals surface area (Å²) < 4.78 is 0. The topological polar surface area (TPSA) is 26.0 Å². The molecule has 1 nitrogen and oxygen atoms in total. The van der Waals surface area contributed by atoms with Gasteiger partial charge in [-0.15, -0.1) is 0 Å². The summed E-state index contributed by atoms with van der Waals surface area (Å²) in [5.74, 6) is 0.513. The quantitative estimate of drug-likeness (QED) is 0.871. The molecule has 2 aromatic carbocycles. The highest BCUT2D eigenvalue weighted by Gasteiger charge is 2.09. The first kappa shape index (κ1) is 14.8. The molecule has 2 rings (SSSR count). The zero-order chi connectivity index (χ0) is 14.5. The van der Waals surface area contributed by atoms with Crippen LogP contribution in [-0.2, 0) is 12.8 Å². The van der Waals surface area contributed by atoms with Crippen molar-refractivity contribution in [1.29, 1.82) is 0 Å². The standard InChI is InChI=1S/C19H25N/c1-14-4-6-17(7-5-14)11-19(13-20)12-18-9-15(2)8-16(3)10-18/h4-10,19H,11-13,20H2,1-3H3. The molecule has 0 saturated carbocycles. The molecule has 20 heavy (non-hydrogen) atoms. The number of hydrogen-bond acceptors (Lipinski definition) is 1. The molecule has 2 aromatic rings. The van der Waals surface area contributed by atoms with Crippen molar-refractivity contribution < 1.29 is 0 Å². The van der Waals surface area contributed by atoms with E-state index in [1.807, 2.05) is 0 Å². The van der Waals surface area contributed by atoms with Gasteiger partial charge in [-0.1, -0.05) is 59.2 Å². The molecule has 0 aliphatic rings. The van der Waals surface area contributed by atoms with E-state index in [4.69, 9.17) is 5.73 Å². The van der Waals surface area contributed by atoms with Crippen LogP contribution in [0, 0.1) is 26.7 Å². The molecule has 0 aromatic heterocycles. The van der Waals surface area contributed by atoms with Crippen molar-refractivity contribution in [3.63, 3.8) is 0 Å². The van der Waals surface area contributed by atoms with Crippen molar-refractivity contribution in [2.24, 2.45) is 11.7 Å². The zero-order valence-electron chi connectivity index (χ0n) is 12.8. The average Bonchev–Trinajstić information content (AvgIpc) is 2.39. The van der Waals surface area contributed by atoms with E-state index >= 15 is 0 Å². The van der Waals surface area contributed by atoms with Crippen molar-refractivity contribution in [2.45, 2.75) is 33.6 Å². The van der Waals surface area contributed by atoms with Gasteiger partial charge in [-0.2, -0.15) is 0 Å². The van der Waals surface area contributed by atoms with Crippen LogP contribution in [0.15, 0.2) is 42.5 Å². The van der Waals surface area contributed by atoms with E-state index in [1.165, 1.54) is 27.8 Å². The van der Waals surface area contributed by atoms with Crippen LogP contribution in [0.1, 0.15) is 27.8 Å². The largest absolute Gasteiger partial charge is 0.330 e. The van der Waals surface area contributed by atoms with Crippen molar-refractivity contribution in [1.82, 2.24) is 0 Å². The van der Waals surface area contributed by atoms with Crippen LogP contribution in [0.3, 0.4) is 0 Å². The van der Waals surface area contributed by atoms with Gasteiger partial charge in [0.1, 0.15) is 0 Å². The second-order valence-electron chi connectivity index (χ2n) is 5.99. The van der Waals surface area contributed by atoms with Gasteiger partial charge in [0.2, 0.25) is 0 Å². The van der Waals surface area contributed by atoms with Crippen molar-refractivity contribution in [2.75, 3.05) is 6.54 Å². The Hall–Kier alpha value is -1.60. The lowest BCUT2D eigenvalue weighted by Crippen LogP contribution is -2.19. The maximum atomic E-state index is 5.97. The number of aryl methyl sites for hydroxylation is 3. The number of benzene rings is 2. The second kappa shape index (κ2) is 6.71. The summed E-state index contributed by atoms with van der Waals surface area (Å²) in [6.45, 7) is 7.18. The SMILES string of the molecule is Cc1ccc(CC(CN)Cc2cc(C)cc(C)c2)cc1. The monoisotopic (exact) mass is 267 g/mol. The van der Waals surface area contributed by atoms with E-state index < -0.39 is 0 Å². The Labute approximate surface area is 122 Å². The van der Waals surface area contributed by atoms with Crippen LogP contribution in [-0.4, -0.2) is 6.54 Å². The Morgan fingerprint density at radius 3 is 1.85 bits per heavy atom. The van der Waals surface area contributed by atoms with Gasteiger partial charge in [0.25, 0.3) is 0 Å². The summed E-state index contributed by atoms with van der Waals surface area (Å²) in [6, 6.07) is 15.6. The molecule has 0 heterocycles. The summed E-state index contributed by atoms with van der Waals surface area (Å²) >= 11 is 0. The van der Waals surface area contributed by atoms with Gasteiger partial charge in [0.15, 0.2) is 0 Å². The molecule has 0 bridgehead atoms. The minimum atomic E-state index is 0.513. The lowest BCUT2D eigenvalue weighted by Gasteiger charge is -2.16. The Bertz CT molecular complexity index is 534. The summed E-state index contributed by atoms with van der Waals surface area (Å²) in [7, 11) is 0. The predicted molar refractivity (Wildman–Crippen MR) is 87.0 cm³/mol. The molecule has 0 fully saturated rings. The van der Waals surface area contributed by atoms with Crippen LogP contribution in [0.5, 0.6) is 0 Å². The minimum Gasteiger partial charge on any atom is -0.330 e. The Balaban J connectivity index is 2.06. The van der Waals surface area contributed by atoms with E-state index in [2.05, 4.69) is 63.2 Å². The Kier molecular flexibility index (Phi) is 4.97. The number of nitrogens with two attached hydrogens (primary N) is 1. The summed E-state index contributed by atoms with van der Waals surface area (Å²) in [5.41, 5.74) is 12.8. The molecule has 0 aliphatic heterocycles. The van der Waals surface area contributed by atoms with Gasteiger partial charge >= 0.3 is 0 Å². The molecular weight excluding hydrogens is 242 g/mol. The fourth-order valence-corrected chi connectivity index (χ4v) is 2.82. The summed E-state index contributed by atoms with van der Waals surface area (Å²) in [5, 5.41) is 0. The molecule has 0 spiro atoms. The first-order chi connectivity index (χ1) is 9.56. The number of rotatable bonds is 5. The molecule has 106 valence electrons. The second-order valence-corrected chi connectivity index (χ2v) is 5.99. The molecule has 0 radical (unpaired) electrons. The fourth-order valence-electron chi connectivity index (χ4n) is 2.82. The average molecular weight is 267 g/mol. The van der Waals surface area contributed by atoms with Gasteiger partial charge in [0.05, 0.1) is 0 Å². The first-order valence-electron chi connectivity index (χ1n) is 7.39. The van der Waals surface area contributed by atoms with Crippen molar-refractivity contribution >= 4 is 0 Å². The van der Waals surface area contributed by atoms with Crippen molar-refractivity contribution in [3.05, 3.63) is 70.3 Å². The van der Waals surface area contributed by atoms with Crippen molar-refractivity contribution in [3.8, 4) is 0 Å². The molecule has 1 unspecified atom stereocenters. The van der Waals surface area contributed by atoms with Gasteiger partial charge in [0, 0.05) is 0 Å². The third kappa shape index (κ3) is 4.21. The summed E-state index contributed by atoms with van der Waals surface area (Å²) in [6.07, 6.45) is 2.12. The molecular formula is C19H25N. The smallest absolute Gasteiger partial charge is 0.00425 e. The van der Waals surface area contributed by atoms with Gasteiger partial charge in [-0.25, -0.2) is 0 Å². The Morgan fingerprint density at radius 1 is 0.750 bits per heavy atom. The molecule has 1 atom stereocenters. The van der Waals surface area contributed by atoms with E-state index in [9.17, 15) is 0 Å². The van der Waals surface area contributed by atoms with Crippen LogP contribution in [0.4, 0.5) is 0 Å². The van der Waals surface area contributed by atoms with Gasteiger partial charge in [-0.05, 0) is 57.2 Å².